The van der Waals surface area contributed by atoms with Gasteiger partial charge in [0.15, 0.2) is 0 Å². The van der Waals surface area contributed by atoms with Gasteiger partial charge in [-0.05, 0) is 31.8 Å². The van der Waals surface area contributed by atoms with E-state index in [0.29, 0.717) is 24.5 Å². The van der Waals surface area contributed by atoms with Gasteiger partial charge in [-0.1, -0.05) is 6.07 Å². The van der Waals surface area contributed by atoms with E-state index in [2.05, 4.69) is 25.2 Å². The monoisotopic (exact) mass is 415 g/mol. The summed E-state index contributed by atoms with van der Waals surface area (Å²) in [7, 11) is 4.02. The van der Waals surface area contributed by atoms with Crippen LogP contribution in [-0.2, 0) is 18.7 Å². The molecule has 0 fully saturated rings. The third-order valence-corrected chi connectivity index (χ3v) is 5.07. The van der Waals surface area contributed by atoms with Gasteiger partial charge < -0.3 is 19.6 Å². The molecule has 154 valence electrons. The van der Waals surface area contributed by atoms with Crippen LogP contribution in [0.2, 0.25) is 0 Å². The van der Waals surface area contributed by atoms with Crippen LogP contribution in [0.25, 0.3) is 0 Å². The Hall–Kier alpha value is -2.78. The minimum absolute atomic E-state index is 0.167. The minimum atomic E-state index is -0.189. The van der Waals surface area contributed by atoms with Crippen molar-refractivity contribution < 1.29 is 4.42 Å². The Bertz CT molecular complexity index is 1020. The third kappa shape index (κ3) is 6.65. The predicted molar refractivity (Wildman–Crippen MR) is 115 cm³/mol. The van der Waals surface area contributed by atoms with Gasteiger partial charge in [0.25, 0.3) is 5.56 Å². The van der Waals surface area contributed by atoms with E-state index in [1.165, 1.54) is 6.07 Å². The second-order valence-electron chi connectivity index (χ2n) is 6.91. The molecule has 0 radical (unpaired) electrons. The van der Waals surface area contributed by atoms with Crippen molar-refractivity contribution in [2.45, 2.75) is 18.7 Å². The lowest BCUT2D eigenvalue weighted by atomic mass is 10.1. The van der Waals surface area contributed by atoms with Gasteiger partial charge in [0.1, 0.15) is 11.5 Å². The maximum Gasteiger partial charge on any atom is 0.255 e. The van der Waals surface area contributed by atoms with E-state index in [9.17, 15) is 9.59 Å². The Labute approximate surface area is 172 Å². The quantitative estimate of drug-likeness (QED) is 0.435. The molecule has 0 aromatic carbocycles. The number of nitrogens with one attached hydrogen (secondary N) is 3. The fourth-order valence-electron chi connectivity index (χ4n) is 2.72. The van der Waals surface area contributed by atoms with Crippen molar-refractivity contribution in [3.05, 3.63) is 80.0 Å². The van der Waals surface area contributed by atoms with Crippen molar-refractivity contribution in [3.8, 4) is 0 Å². The van der Waals surface area contributed by atoms with Gasteiger partial charge in [-0.15, -0.1) is 0 Å². The van der Waals surface area contributed by atoms with Crippen LogP contribution in [0.1, 0.15) is 22.6 Å². The van der Waals surface area contributed by atoms with Gasteiger partial charge in [0, 0.05) is 42.7 Å². The summed E-state index contributed by atoms with van der Waals surface area (Å²) in [6.07, 6.45) is 3.58. The summed E-state index contributed by atoms with van der Waals surface area (Å²) in [6.45, 7) is 1.47. The number of H-pyrrole nitrogens is 2. The largest absolute Gasteiger partial charge is 0.464 e. The fraction of sp³-hybridized carbons (Fsp3) is 0.350. The first-order valence-corrected chi connectivity index (χ1v) is 10.4. The molecule has 3 rings (SSSR count). The summed E-state index contributed by atoms with van der Waals surface area (Å²) < 4.78 is 5.78. The topological polar surface area (TPSA) is 107 Å². The smallest absolute Gasteiger partial charge is 0.255 e. The van der Waals surface area contributed by atoms with Crippen LogP contribution in [0.4, 0.5) is 5.95 Å². The number of anilines is 1. The molecule has 3 aromatic heterocycles. The minimum Gasteiger partial charge on any atom is -0.464 e. The van der Waals surface area contributed by atoms with Gasteiger partial charge in [0.2, 0.25) is 11.5 Å². The molecule has 8 nitrogen and oxygen atoms in total. The molecular weight excluding hydrogens is 390 g/mol. The zero-order chi connectivity index (χ0) is 20.6. The molecule has 9 heteroatoms. The molecular formula is C20H25N5O3S. The van der Waals surface area contributed by atoms with E-state index in [0.717, 1.165) is 35.1 Å². The highest BCUT2D eigenvalue weighted by atomic mass is 32.2. The number of hydrogen-bond acceptors (Lipinski definition) is 7. The zero-order valence-corrected chi connectivity index (χ0v) is 17.3. The zero-order valence-electron chi connectivity index (χ0n) is 16.5. The highest BCUT2D eigenvalue weighted by Gasteiger charge is 2.06. The molecule has 0 spiro atoms. The number of pyridine rings is 1. The summed E-state index contributed by atoms with van der Waals surface area (Å²) in [4.78, 5) is 35.0. The van der Waals surface area contributed by atoms with Gasteiger partial charge in [0.05, 0.1) is 12.3 Å². The number of furan rings is 1. The van der Waals surface area contributed by atoms with Crippen LogP contribution in [0.5, 0.6) is 0 Å². The van der Waals surface area contributed by atoms with E-state index >= 15 is 0 Å². The third-order valence-electron chi connectivity index (χ3n) is 4.09. The SMILES string of the molecule is CN(C)Cc1ccc(CSCCNc2ncc(Cc3ccc(=O)[nH]c3)c(=O)[nH]2)o1. The number of nitrogens with zero attached hydrogens (tertiary/aromatic N) is 2. The molecule has 0 bridgehead atoms. The molecule has 0 amide bonds. The van der Waals surface area contributed by atoms with Crippen molar-refractivity contribution in [3.63, 3.8) is 0 Å². The van der Waals surface area contributed by atoms with E-state index in [1.54, 1.807) is 30.2 Å². The Morgan fingerprint density at radius 2 is 2.00 bits per heavy atom. The van der Waals surface area contributed by atoms with Crippen molar-refractivity contribution in [1.82, 2.24) is 19.9 Å². The van der Waals surface area contributed by atoms with Gasteiger partial charge in [-0.3, -0.25) is 14.6 Å². The number of aromatic nitrogens is 3. The summed E-state index contributed by atoms with van der Waals surface area (Å²) in [5, 5.41) is 3.13. The second-order valence-corrected chi connectivity index (χ2v) is 8.01. The van der Waals surface area contributed by atoms with Crippen molar-refractivity contribution in [1.29, 1.82) is 0 Å². The Morgan fingerprint density at radius 1 is 1.17 bits per heavy atom. The maximum absolute atomic E-state index is 12.2. The molecule has 0 saturated carbocycles. The van der Waals surface area contributed by atoms with Crippen LogP contribution in [0.3, 0.4) is 0 Å². The number of aromatic amines is 2. The van der Waals surface area contributed by atoms with Gasteiger partial charge in [-0.2, -0.15) is 11.8 Å². The van der Waals surface area contributed by atoms with E-state index in [4.69, 9.17) is 4.42 Å². The van der Waals surface area contributed by atoms with Crippen molar-refractivity contribution in [2.24, 2.45) is 0 Å². The molecule has 0 unspecified atom stereocenters. The summed E-state index contributed by atoms with van der Waals surface area (Å²) in [6, 6.07) is 7.16. The Morgan fingerprint density at radius 3 is 2.72 bits per heavy atom. The lowest BCUT2D eigenvalue weighted by Crippen LogP contribution is -2.18. The van der Waals surface area contributed by atoms with Gasteiger partial charge >= 0.3 is 0 Å². The number of thioether (sulfide) groups is 1. The van der Waals surface area contributed by atoms with Gasteiger partial charge in [-0.25, -0.2) is 4.98 Å². The Kier molecular flexibility index (Phi) is 7.31. The van der Waals surface area contributed by atoms with E-state index in [1.807, 2.05) is 26.2 Å². The summed E-state index contributed by atoms with van der Waals surface area (Å²) in [5.41, 5.74) is 1.04. The molecule has 0 atom stereocenters. The molecule has 0 saturated heterocycles. The highest BCUT2D eigenvalue weighted by Crippen LogP contribution is 2.16. The summed E-state index contributed by atoms with van der Waals surface area (Å²) in [5.74, 6) is 4.04. The first kappa shape index (κ1) is 20.9. The van der Waals surface area contributed by atoms with E-state index < -0.39 is 0 Å². The van der Waals surface area contributed by atoms with Crippen molar-refractivity contribution >= 4 is 17.7 Å². The average Bonchev–Trinajstić information content (AvgIpc) is 3.12. The molecule has 0 aliphatic heterocycles. The maximum atomic E-state index is 12.2. The van der Waals surface area contributed by atoms with Crippen LogP contribution in [-0.4, -0.2) is 46.2 Å². The number of hydrogen-bond donors (Lipinski definition) is 3. The molecule has 3 heterocycles. The van der Waals surface area contributed by atoms with Crippen molar-refractivity contribution in [2.75, 3.05) is 31.7 Å². The van der Waals surface area contributed by atoms with Crippen LogP contribution < -0.4 is 16.4 Å². The molecule has 29 heavy (non-hydrogen) atoms. The average molecular weight is 416 g/mol. The fourth-order valence-corrected chi connectivity index (χ4v) is 3.47. The lowest BCUT2D eigenvalue weighted by Gasteiger charge is -2.07. The normalized spacial score (nSPS) is 11.1. The van der Waals surface area contributed by atoms with Crippen LogP contribution in [0, 0.1) is 0 Å². The molecule has 0 aliphatic carbocycles. The van der Waals surface area contributed by atoms with E-state index in [-0.39, 0.29) is 11.1 Å². The Balaban J connectivity index is 1.42. The molecule has 0 aliphatic rings. The lowest BCUT2D eigenvalue weighted by molar-refractivity contribution is 0.344. The highest BCUT2D eigenvalue weighted by molar-refractivity contribution is 7.98. The predicted octanol–water partition coefficient (Wildman–Crippen LogP) is 2.05. The summed E-state index contributed by atoms with van der Waals surface area (Å²) >= 11 is 1.75. The van der Waals surface area contributed by atoms with Crippen LogP contribution >= 0.6 is 11.8 Å². The number of rotatable bonds is 10. The molecule has 3 aromatic rings. The first-order valence-electron chi connectivity index (χ1n) is 9.29. The molecule has 3 N–H and O–H groups in total. The standard InChI is InChI=1S/C20H25N5O3S/c1-25(2)12-16-4-5-17(28-16)13-29-8-7-21-20-23-11-15(19(27)24-20)9-14-3-6-18(26)22-10-14/h3-6,10-11H,7-9,12-13H2,1-2H3,(H,22,26)(H2,21,23,24,27). The first-order chi connectivity index (χ1) is 14.0. The second kappa shape index (κ2) is 10.1. The van der Waals surface area contributed by atoms with Crippen LogP contribution in [0.15, 0.2) is 50.7 Å².